The van der Waals surface area contributed by atoms with Crippen LogP contribution in [0.3, 0.4) is 0 Å². The molecule has 3 aromatic rings. The fourth-order valence-corrected chi connectivity index (χ4v) is 5.70. The lowest BCUT2D eigenvalue weighted by atomic mass is 10.1. The van der Waals surface area contributed by atoms with E-state index in [0.717, 1.165) is 13.6 Å². The summed E-state index contributed by atoms with van der Waals surface area (Å²) in [5, 5.41) is 0.487. The van der Waals surface area contributed by atoms with Gasteiger partial charge >= 0.3 is 0 Å². The standard InChI is InChI=1S/C24H15BrClFINO3S2/c1-31-20-9-13(8-19(28)22(20)32-12-14-4-2-3-5-18(14)27)10-21-23(30)29(24(33)34-21)15-6-7-16(25)17(26)11-15/h2-11H,12H2,1H3/b21-10+. The van der Waals surface area contributed by atoms with Crippen LogP contribution in [0.2, 0.25) is 5.02 Å². The van der Waals surface area contributed by atoms with Gasteiger partial charge in [0.25, 0.3) is 5.91 Å². The minimum Gasteiger partial charge on any atom is -0.493 e. The van der Waals surface area contributed by atoms with Crippen molar-refractivity contribution in [3.8, 4) is 11.5 Å². The van der Waals surface area contributed by atoms with Crippen molar-refractivity contribution in [3.05, 3.63) is 89.5 Å². The maximum atomic E-state index is 14.0. The van der Waals surface area contributed by atoms with Crippen LogP contribution in [0.15, 0.2) is 64.0 Å². The van der Waals surface area contributed by atoms with Crippen molar-refractivity contribution in [2.75, 3.05) is 12.0 Å². The minimum atomic E-state index is -0.331. The molecule has 0 bridgehead atoms. The Hall–Kier alpha value is -1.66. The number of nitrogens with zero attached hydrogens (tertiary/aromatic N) is 1. The van der Waals surface area contributed by atoms with Crippen molar-refractivity contribution in [3.63, 3.8) is 0 Å². The number of thioether (sulfide) groups is 1. The van der Waals surface area contributed by atoms with Crippen LogP contribution in [0.25, 0.3) is 6.08 Å². The van der Waals surface area contributed by atoms with Crippen LogP contribution in [-0.4, -0.2) is 17.3 Å². The number of carbonyl (C=O) groups excluding carboxylic acids is 1. The third-order valence-electron chi connectivity index (χ3n) is 4.83. The summed E-state index contributed by atoms with van der Waals surface area (Å²) < 4.78 is 27.2. The number of carbonyl (C=O) groups is 1. The molecule has 1 saturated heterocycles. The summed E-state index contributed by atoms with van der Waals surface area (Å²) in [6, 6.07) is 15.3. The van der Waals surface area contributed by atoms with Gasteiger partial charge in [0.15, 0.2) is 15.8 Å². The Morgan fingerprint density at radius 3 is 2.71 bits per heavy atom. The molecule has 0 saturated carbocycles. The van der Waals surface area contributed by atoms with E-state index < -0.39 is 0 Å². The van der Waals surface area contributed by atoms with Crippen molar-refractivity contribution in [1.29, 1.82) is 0 Å². The fourth-order valence-electron chi connectivity index (χ4n) is 3.19. The molecule has 1 aliphatic rings. The van der Waals surface area contributed by atoms with Crippen LogP contribution < -0.4 is 14.4 Å². The number of hydrogen-bond donors (Lipinski definition) is 0. The zero-order valence-electron chi connectivity index (χ0n) is 17.5. The predicted molar refractivity (Wildman–Crippen MR) is 151 cm³/mol. The highest BCUT2D eigenvalue weighted by Gasteiger charge is 2.33. The van der Waals surface area contributed by atoms with Gasteiger partial charge in [0.05, 0.1) is 26.3 Å². The highest BCUT2D eigenvalue weighted by molar-refractivity contribution is 14.1. The summed E-state index contributed by atoms with van der Waals surface area (Å²) in [5.41, 5.74) is 1.79. The predicted octanol–water partition coefficient (Wildman–Crippen LogP) is 7.84. The molecule has 4 rings (SSSR count). The summed E-state index contributed by atoms with van der Waals surface area (Å²) in [7, 11) is 1.53. The lowest BCUT2D eigenvalue weighted by molar-refractivity contribution is -0.113. The van der Waals surface area contributed by atoms with Gasteiger partial charge in [0.2, 0.25) is 0 Å². The molecule has 10 heteroatoms. The molecule has 1 amide bonds. The van der Waals surface area contributed by atoms with Gasteiger partial charge < -0.3 is 9.47 Å². The van der Waals surface area contributed by atoms with Gasteiger partial charge in [-0.05, 0) is 86.6 Å². The third-order valence-corrected chi connectivity index (χ3v) is 8.17. The molecule has 1 aliphatic heterocycles. The fraction of sp³-hybridized carbons (Fsp3) is 0.0833. The first-order valence-electron chi connectivity index (χ1n) is 9.75. The van der Waals surface area contributed by atoms with E-state index in [4.69, 9.17) is 33.3 Å². The van der Waals surface area contributed by atoms with Crippen LogP contribution in [0.5, 0.6) is 11.5 Å². The Labute approximate surface area is 232 Å². The molecule has 34 heavy (non-hydrogen) atoms. The number of hydrogen-bond acceptors (Lipinski definition) is 5. The Morgan fingerprint density at radius 2 is 2.00 bits per heavy atom. The van der Waals surface area contributed by atoms with E-state index in [1.54, 1.807) is 48.5 Å². The van der Waals surface area contributed by atoms with E-state index in [2.05, 4.69) is 38.5 Å². The Balaban J connectivity index is 1.59. The SMILES string of the molecule is COc1cc(/C=C2/SC(=S)N(c3ccc(Br)c(Cl)c3)C2=O)cc(I)c1OCc1ccccc1F. The van der Waals surface area contributed by atoms with Crippen molar-refractivity contribution in [2.45, 2.75) is 6.61 Å². The summed E-state index contributed by atoms with van der Waals surface area (Å²) in [5.74, 6) is 0.412. The molecule has 1 heterocycles. The molecule has 0 spiro atoms. The van der Waals surface area contributed by atoms with Gasteiger partial charge in [-0.2, -0.15) is 0 Å². The number of amides is 1. The number of halogens is 4. The average molecular weight is 691 g/mol. The van der Waals surface area contributed by atoms with E-state index in [9.17, 15) is 9.18 Å². The lowest BCUT2D eigenvalue weighted by Gasteiger charge is -2.15. The first kappa shape index (κ1) is 25.4. The molecule has 0 radical (unpaired) electrons. The first-order chi connectivity index (χ1) is 16.3. The van der Waals surface area contributed by atoms with Crippen molar-refractivity contribution in [2.24, 2.45) is 0 Å². The van der Waals surface area contributed by atoms with Gasteiger partial charge in [0.1, 0.15) is 12.4 Å². The Kier molecular flexibility index (Phi) is 8.19. The third kappa shape index (κ3) is 5.43. The monoisotopic (exact) mass is 689 g/mol. The zero-order chi connectivity index (χ0) is 24.4. The van der Waals surface area contributed by atoms with E-state index in [1.807, 2.05) is 6.07 Å². The van der Waals surface area contributed by atoms with E-state index in [0.29, 0.717) is 37.0 Å². The molecule has 3 aromatic carbocycles. The van der Waals surface area contributed by atoms with Gasteiger partial charge in [-0.15, -0.1) is 0 Å². The molecule has 0 atom stereocenters. The number of anilines is 1. The topological polar surface area (TPSA) is 38.8 Å². The van der Waals surface area contributed by atoms with Gasteiger partial charge in [0, 0.05) is 10.0 Å². The molecule has 174 valence electrons. The van der Waals surface area contributed by atoms with Gasteiger partial charge in [-0.3, -0.25) is 9.69 Å². The molecule has 0 aliphatic carbocycles. The number of benzene rings is 3. The zero-order valence-corrected chi connectivity index (χ0v) is 23.6. The maximum Gasteiger partial charge on any atom is 0.270 e. The second-order valence-electron chi connectivity index (χ2n) is 7.03. The summed E-state index contributed by atoms with van der Waals surface area (Å²) in [4.78, 5) is 15.0. The normalized spacial score (nSPS) is 14.7. The Bertz CT molecular complexity index is 1340. The largest absolute Gasteiger partial charge is 0.493 e. The lowest BCUT2D eigenvalue weighted by Crippen LogP contribution is -2.27. The number of ether oxygens (including phenoxy) is 2. The average Bonchev–Trinajstić information content (AvgIpc) is 3.08. The van der Waals surface area contributed by atoms with Gasteiger partial charge in [-0.1, -0.05) is 53.8 Å². The van der Waals surface area contributed by atoms with Crippen LogP contribution in [0, 0.1) is 9.39 Å². The molecule has 0 aromatic heterocycles. The molecule has 1 fully saturated rings. The Morgan fingerprint density at radius 1 is 1.24 bits per heavy atom. The second-order valence-corrected chi connectivity index (χ2v) is 11.1. The molecular weight excluding hydrogens is 676 g/mol. The summed E-state index contributed by atoms with van der Waals surface area (Å²) in [6.07, 6.45) is 1.76. The van der Waals surface area contributed by atoms with Crippen molar-refractivity contribution < 1.29 is 18.7 Å². The smallest absolute Gasteiger partial charge is 0.270 e. The molecular formula is C24H15BrClFINO3S2. The van der Waals surface area contributed by atoms with Crippen molar-refractivity contribution in [1.82, 2.24) is 0 Å². The van der Waals surface area contributed by atoms with E-state index in [1.165, 1.54) is 29.8 Å². The summed E-state index contributed by atoms with van der Waals surface area (Å²) in [6.45, 7) is 0.0623. The number of methoxy groups -OCH3 is 1. The molecule has 0 unspecified atom stereocenters. The van der Waals surface area contributed by atoms with E-state index >= 15 is 0 Å². The minimum absolute atomic E-state index is 0.0623. The van der Waals surface area contributed by atoms with Crippen LogP contribution in [-0.2, 0) is 11.4 Å². The second kappa shape index (κ2) is 10.9. The highest BCUT2D eigenvalue weighted by atomic mass is 127. The van der Waals surface area contributed by atoms with Crippen molar-refractivity contribution >= 4 is 96.1 Å². The summed E-state index contributed by atoms with van der Waals surface area (Å²) >= 11 is 18.3. The number of rotatable bonds is 6. The van der Waals surface area contributed by atoms with Gasteiger partial charge in [-0.25, -0.2) is 4.39 Å². The van der Waals surface area contributed by atoms with Crippen LogP contribution in [0.4, 0.5) is 10.1 Å². The maximum absolute atomic E-state index is 14.0. The quantitative estimate of drug-likeness (QED) is 0.150. The number of thiocarbonyl (C=S) groups is 1. The molecule has 4 nitrogen and oxygen atoms in total. The van der Waals surface area contributed by atoms with Crippen LogP contribution >= 0.6 is 74.1 Å². The van der Waals surface area contributed by atoms with E-state index in [-0.39, 0.29) is 18.3 Å². The highest BCUT2D eigenvalue weighted by Crippen LogP contribution is 2.40. The first-order valence-corrected chi connectivity index (χ1v) is 13.2. The van der Waals surface area contributed by atoms with Crippen LogP contribution in [0.1, 0.15) is 11.1 Å². The molecule has 0 N–H and O–H groups in total.